The van der Waals surface area contributed by atoms with Crippen molar-refractivity contribution >= 4 is 18.0 Å². The van der Waals surface area contributed by atoms with Crippen LogP contribution in [0.25, 0.3) is 0 Å². The van der Waals surface area contributed by atoms with Gasteiger partial charge in [0.1, 0.15) is 23.5 Å². The summed E-state index contributed by atoms with van der Waals surface area (Å²) in [6.07, 6.45) is 8.47. The van der Waals surface area contributed by atoms with Crippen LogP contribution >= 0.6 is 0 Å². The summed E-state index contributed by atoms with van der Waals surface area (Å²) < 4.78 is 16.0. The van der Waals surface area contributed by atoms with Crippen LogP contribution in [0.3, 0.4) is 0 Å². The Balaban J connectivity index is 4.10. The van der Waals surface area contributed by atoms with Crippen LogP contribution in [-0.4, -0.2) is 42.4 Å². The molecule has 0 bridgehead atoms. The molecule has 0 aliphatic heterocycles. The molecule has 0 fully saturated rings. The molecule has 0 aliphatic rings. The fourth-order valence-electron chi connectivity index (χ4n) is 3.76. The molecule has 0 aromatic rings. The van der Waals surface area contributed by atoms with E-state index in [0.717, 1.165) is 32.1 Å². The molecule has 0 rings (SSSR count). The van der Waals surface area contributed by atoms with E-state index in [1.54, 1.807) is 0 Å². The van der Waals surface area contributed by atoms with Crippen molar-refractivity contribution in [2.45, 2.75) is 117 Å². The van der Waals surface area contributed by atoms with Crippen molar-refractivity contribution < 1.29 is 28.6 Å². The topological polar surface area (TPSA) is 117 Å². The minimum Gasteiger partial charge on any atom is -0.460 e. The molecule has 0 saturated carbocycles. The van der Waals surface area contributed by atoms with E-state index in [-0.39, 0.29) is 24.8 Å². The van der Waals surface area contributed by atoms with E-state index < -0.39 is 23.3 Å². The molecule has 0 aliphatic carbocycles. The normalized spacial score (nSPS) is 12.5. The quantitative estimate of drug-likeness (QED) is 0.116. The maximum atomic E-state index is 12.3. The average Bonchev–Trinajstić information content (AvgIpc) is 2.72. The molecule has 34 heavy (non-hydrogen) atoms. The van der Waals surface area contributed by atoms with Crippen LogP contribution in [0.5, 0.6) is 0 Å². The lowest BCUT2D eigenvalue weighted by atomic mass is 9.87. The number of carbonyl (C=O) groups is 3. The van der Waals surface area contributed by atoms with Gasteiger partial charge in [-0.2, -0.15) is 0 Å². The predicted molar refractivity (Wildman–Crippen MR) is 134 cm³/mol. The van der Waals surface area contributed by atoms with Gasteiger partial charge < -0.3 is 25.3 Å². The molecule has 8 nitrogen and oxygen atoms in total. The number of rotatable bonds is 18. The van der Waals surface area contributed by atoms with Crippen molar-refractivity contribution in [2.75, 3.05) is 13.2 Å². The Hall–Kier alpha value is -2.25. The van der Waals surface area contributed by atoms with Crippen LogP contribution in [0.4, 0.5) is 4.79 Å². The summed E-state index contributed by atoms with van der Waals surface area (Å²) in [5.74, 6) is -0.271. The lowest BCUT2D eigenvalue weighted by molar-refractivity contribution is -0.158. The Labute approximate surface area is 206 Å². The molecular formula is C26H48N2O6. The number of unbranched alkanes of at least 4 members (excludes halogenated alkanes) is 3. The number of nitrogens with one attached hydrogen (secondary N) is 1. The van der Waals surface area contributed by atoms with Crippen molar-refractivity contribution in [3.63, 3.8) is 0 Å². The molecule has 1 atom stereocenters. The largest absolute Gasteiger partial charge is 0.460 e. The second kappa shape index (κ2) is 16.4. The van der Waals surface area contributed by atoms with E-state index in [1.165, 1.54) is 19.3 Å². The van der Waals surface area contributed by atoms with Crippen LogP contribution in [0.1, 0.15) is 106 Å². The molecule has 0 aromatic carbocycles. The van der Waals surface area contributed by atoms with Crippen LogP contribution < -0.4 is 11.1 Å². The molecule has 0 heterocycles. The second-order valence-electron chi connectivity index (χ2n) is 10.2. The van der Waals surface area contributed by atoms with Gasteiger partial charge in [-0.25, -0.2) is 9.59 Å². The number of nitrogens with two attached hydrogens (primary N) is 1. The minimum absolute atomic E-state index is 0.0185. The highest BCUT2D eigenvalue weighted by molar-refractivity contribution is 5.86. The number of hydrogen-bond acceptors (Lipinski definition) is 7. The minimum atomic E-state index is -0.708. The molecular weight excluding hydrogens is 436 g/mol. The molecule has 1 unspecified atom stereocenters. The van der Waals surface area contributed by atoms with Crippen molar-refractivity contribution in [3.05, 3.63) is 12.3 Å². The van der Waals surface area contributed by atoms with Gasteiger partial charge in [0, 0.05) is 6.42 Å². The maximum absolute atomic E-state index is 12.3. The third kappa shape index (κ3) is 16.4. The second-order valence-corrected chi connectivity index (χ2v) is 10.2. The van der Waals surface area contributed by atoms with Crippen molar-refractivity contribution in [3.8, 4) is 0 Å². The fourth-order valence-corrected chi connectivity index (χ4v) is 3.76. The summed E-state index contributed by atoms with van der Waals surface area (Å²) in [5.41, 5.74) is 3.93. The average molecular weight is 485 g/mol. The third-order valence-corrected chi connectivity index (χ3v) is 5.61. The number of carbonyl (C=O) groups excluding carboxylic acids is 3. The van der Waals surface area contributed by atoms with Gasteiger partial charge in [-0.1, -0.05) is 52.5 Å². The molecule has 0 radical (unpaired) electrons. The number of ether oxygens (including phenoxy) is 3. The highest BCUT2D eigenvalue weighted by atomic mass is 16.6. The first-order chi connectivity index (χ1) is 15.8. The lowest BCUT2D eigenvalue weighted by Crippen LogP contribution is -2.36. The Morgan fingerprint density at radius 1 is 0.971 bits per heavy atom. The van der Waals surface area contributed by atoms with Gasteiger partial charge in [0.15, 0.2) is 0 Å². The predicted octanol–water partition coefficient (Wildman–Crippen LogP) is 5.39. The summed E-state index contributed by atoms with van der Waals surface area (Å²) in [5, 5.41) is 2.53. The van der Waals surface area contributed by atoms with Gasteiger partial charge in [0.25, 0.3) is 0 Å². The van der Waals surface area contributed by atoms with Gasteiger partial charge in [-0.05, 0) is 59.3 Å². The molecule has 8 heteroatoms. The number of esters is 2. The Morgan fingerprint density at radius 2 is 1.65 bits per heavy atom. The van der Waals surface area contributed by atoms with E-state index >= 15 is 0 Å². The summed E-state index contributed by atoms with van der Waals surface area (Å²) in [6.45, 7) is 15.4. The van der Waals surface area contributed by atoms with Crippen LogP contribution in [0.2, 0.25) is 0 Å². The number of hydrogen-bond donors (Lipinski definition) is 2. The zero-order chi connectivity index (χ0) is 26.2. The summed E-state index contributed by atoms with van der Waals surface area (Å²) in [4.78, 5) is 35.4. The van der Waals surface area contributed by atoms with Gasteiger partial charge in [-0.15, -0.1) is 0 Å². The number of alkyl carbamates (subject to hydrolysis) is 1. The van der Waals surface area contributed by atoms with Crippen molar-refractivity contribution in [1.82, 2.24) is 5.32 Å². The van der Waals surface area contributed by atoms with Gasteiger partial charge in [0.2, 0.25) is 0 Å². The van der Waals surface area contributed by atoms with E-state index in [2.05, 4.69) is 25.7 Å². The van der Waals surface area contributed by atoms with Gasteiger partial charge in [0.05, 0.1) is 6.54 Å². The lowest BCUT2D eigenvalue weighted by Gasteiger charge is -2.29. The first kappa shape index (κ1) is 31.8. The molecule has 3 N–H and O–H groups in total. The molecule has 0 saturated heterocycles. The highest BCUT2D eigenvalue weighted by Crippen LogP contribution is 2.27. The molecule has 0 aromatic heterocycles. The Bertz CT molecular complexity index is 645. The van der Waals surface area contributed by atoms with E-state index in [4.69, 9.17) is 19.9 Å². The van der Waals surface area contributed by atoms with Gasteiger partial charge >= 0.3 is 18.0 Å². The van der Waals surface area contributed by atoms with E-state index in [9.17, 15) is 14.4 Å². The van der Waals surface area contributed by atoms with Crippen LogP contribution in [0, 0.1) is 5.92 Å². The number of amides is 1. The van der Waals surface area contributed by atoms with E-state index in [1.807, 2.05) is 27.7 Å². The monoisotopic (exact) mass is 484 g/mol. The van der Waals surface area contributed by atoms with Crippen LogP contribution in [0.15, 0.2) is 12.3 Å². The third-order valence-electron chi connectivity index (χ3n) is 5.61. The fraction of sp³-hybridized carbons (Fsp3) is 0.808. The first-order valence-electron chi connectivity index (χ1n) is 12.6. The molecule has 1 amide bonds. The van der Waals surface area contributed by atoms with Crippen LogP contribution in [-0.2, 0) is 23.8 Å². The van der Waals surface area contributed by atoms with Gasteiger partial charge in [-0.3, -0.25) is 4.79 Å². The standard InChI is InChI=1S/C26H48N2O6/c1-8-10-14-21(9-2)19-26(6,7)33-22(29)15-12-11-13-16-25(4,5)34-24(31)28-17-18-32-23(30)20(3)27/h21H,3,8-19,27H2,1-2,4-7H3,(H,28,31). The zero-order valence-electron chi connectivity index (χ0n) is 22.3. The summed E-state index contributed by atoms with van der Waals surface area (Å²) in [7, 11) is 0. The smallest absolute Gasteiger partial charge is 0.407 e. The highest BCUT2D eigenvalue weighted by Gasteiger charge is 2.26. The maximum Gasteiger partial charge on any atom is 0.407 e. The molecule has 0 spiro atoms. The first-order valence-corrected chi connectivity index (χ1v) is 12.6. The Kier molecular flexibility index (Phi) is 15.3. The van der Waals surface area contributed by atoms with Crippen molar-refractivity contribution in [1.29, 1.82) is 0 Å². The zero-order valence-corrected chi connectivity index (χ0v) is 22.3. The molecule has 198 valence electrons. The van der Waals surface area contributed by atoms with Crippen molar-refractivity contribution in [2.24, 2.45) is 11.7 Å². The SMILES string of the molecule is C=C(N)C(=O)OCCNC(=O)OC(C)(C)CCCCCC(=O)OC(C)(C)CC(CC)CCCC. The van der Waals surface area contributed by atoms with E-state index in [0.29, 0.717) is 18.8 Å². The summed E-state index contributed by atoms with van der Waals surface area (Å²) in [6, 6.07) is 0. The summed E-state index contributed by atoms with van der Waals surface area (Å²) >= 11 is 0. The Morgan fingerprint density at radius 3 is 2.24 bits per heavy atom.